The van der Waals surface area contributed by atoms with Gasteiger partial charge in [0.15, 0.2) is 0 Å². The van der Waals surface area contributed by atoms with Gasteiger partial charge in [-0.3, -0.25) is 9.59 Å². The van der Waals surface area contributed by atoms with Crippen LogP contribution in [0.2, 0.25) is 0 Å². The van der Waals surface area contributed by atoms with Crippen molar-refractivity contribution in [3.63, 3.8) is 0 Å². The fourth-order valence-electron chi connectivity index (χ4n) is 3.29. The van der Waals surface area contributed by atoms with Crippen LogP contribution >= 0.6 is 0 Å². The van der Waals surface area contributed by atoms with Gasteiger partial charge in [0.1, 0.15) is 22.5 Å². The second-order valence-corrected chi connectivity index (χ2v) is 5.90. The molecule has 26 heavy (non-hydrogen) atoms. The van der Waals surface area contributed by atoms with Crippen LogP contribution in [0.4, 0.5) is 0 Å². The molecule has 0 aliphatic heterocycles. The first-order valence-corrected chi connectivity index (χ1v) is 7.85. The average Bonchev–Trinajstić information content (AvgIpc) is 3.24. The van der Waals surface area contributed by atoms with Gasteiger partial charge in [-0.05, 0) is 30.3 Å². The number of fused-ring (bicyclic) bond motifs is 6. The Hall–Kier alpha value is -3.68. The molecule has 3 aromatic heterocycles. The lowest BCUT2D eigenvalue weighted by Crippen LogP contribution is -2.27. The van der Waals surface area contributed by atoms with Crippen molar-refractivity contribution in [1.82, 2.24) is 19.2 Å². The Kier molecular flexibility index (Phi) is 2.77. The number of benzene rings is 2. The van der Waals surface area contributed by atoms with Gasteiger partial charge < -0.3 is 9.47 Å². The first-order chi connectivity index (χ1) is 12.6. The van der Waals surface area contributed by atoms with Gasteiger partial charge in [0.05, 0.1) is 25.3 Å². The van der Waals surface area contributed by atoms with Gasteiger partial charge in [-0.1, -0.05) is 0 Å². The number of methoxy groups -OCH3 is 2. The minimum atomic E-state index is -0.412. The average molecular weight is 348 g/mol. The van der Waals surface area contributed by atoms with E-state index in [0.717, 1.165) is 9.03 Å². The largest absolute Gasteiger partial charge is 0.497 e. The minimum Gasteiger partial charge on any atom is -0.497 e. The molecule has 2 aromatic carbocycles. The molecular formula is C18H12N4O4. The number of rotatable bonds is 2. The van der Waals surface area contributed by atoms with E-state index in [1.165, 1.54) is 7.11 Å². The van der Waals surface area contributed by atoms with Crippen LogP contribution in [-0.4, -0.2) is 33.4 Å². The molecule has 0 aliphatic carbocycles. The van der Waals surface area contributed by atoms with Gasteiger partial charge in [0, 0.05) is 16.8 Å². The van der Waals surface area contributed by atoms with Crippen LogP contribution in [0, 0.1) is 0 Å². The summed E-state index contributed by atoms with van der Waals surface area (Å²) in [5.74, 6) is 1.18. The molecule has 128 valence electrons. The first-order valence-electron chi connectivity index (χ1n) is 7.85. The smallest absolute Gasteiger partial charge is 0.298 e. The molecule has 0 saturated heterocycles. The molecule has 0 fully saturated rings. The van der Waals surface area contributed by atoms with Crippen LogP contribution in [0.25, 0.3) is 32.8 Å². The Labute approximate surface area is 145 Å². The van der Waals surface area contributed by atoms with Crippen LogP contribution in [0.3, 0.4) is 0 Å². The number of ether oxygens (including phenoxy) is 2. The highest BCUT2D eigenvalue weighted by atomic mass is 16.5. The SMILES string of the molecule is COc1ccc2c(c1)nn1c(=O)c3c4cc(OC)ccc4nn3c(=O)c21. The molecule has 8 nitrogen and oxygen atoms in total. The summed E-state index contributed by atoms with van der Waals surface area (Å²) >= 11 is 0. The van der Waals surface area contributed by atoms with Crippen molar-refractivity contribution in [2.24, 2.45) is 0 Å². The third-order valence-corrected chi connectivity index (χ3v) is 4.55. The zero-order valence-corrected chi connectivity index (χ0v) is 13.9. The van der Waals surface area contributed by atoms with E-state index in [4.69, 9.17) is 9.47 Å². The van der Waals surface area contributed by atoms with Crippen molar-refractivity contribution in [1.29, 1.82) is 0 Å². The van der Waals surface area contributed by atoms with Crippen molar-refractivity contribution < 1.29 is 9.47 Å². The van der Waals surface area contributed by atoms with E-state index in [1.54, 1.807) is 43.5 Å². The quantitative estimate of drug-likeness (QED) is 0.480. The maximum absolute atomic E-state index is 13.1. The van der Waals surface area contributed by atoms with Gasteiger partial charge in [-0.2, -0.15) is 19.2 Å². The molecule has 0 bridgehead atoms. The summed E-state index contributed by atoms with van der Waals surface area (Å²) < 4.78 is 12.7. The number of hydrogen-bond donors (Lipinski definition) is 0. The van der Waals surface area contributed by atoms with Crippen LogP contribution in [0.15, 0.2) is 46.0 Å². The molecule has 0 spiro atoms. The highest BCUT2D eigenvalue weighted by Crippen LogP contribution is 2.24. The molecule has 0 atom stereocenters. The number of hydrogen-bond acceptors (Lipinski definition) is 6. The molecule has 0 radical (unpaired) electrons. The van der Waals surface area contributed by atoms with Crippen molar-refractivity contribution in [2.75, 3.05) is 14.2 Å². The van der Waals surface area contributed by atoms with Gasteiger partial charge in [0.25, 0.3) is 11.1 Å². The Bertz CT molecular complexity index is 1450. The number of nitrogens with zero attached hydrogens (tertiary/aromatic N) is 4. The Morgan fingerprint density at radius 3 is 2.00 bits per heavy atom. The topological polar surface area (TPSA) is 87.2 Å². The van der Waals surface area contributed by atoms with Crippen molar-refractivity contribution in [3.05, 3.63) is 57.1 Å². The van der Waals surface area contributed by atoms with E-state index < -0.39 is 11.1 Å². The zero-order valence-electron chi connectivity index (χ0n) is 13.9. The molecule has 8 heteroatoms. The minimum absolute atomic E-state index is 0.177. The van der Waals surface area contributed by atoms with E-state index >= 15 is 0 Å². The maximum Gasteiger partial charge on any atom is 0.298 e. The maximum atomic E-state index is 13.1. The Balaban J connectivity index is 2.03. The standard InChI is InChI=1S/C18H12N4O4/c1-25-9-4-6-13-12(7-9)16-18(24)21-15(17(23)22(16)19-13)11-5-3-10(26-2)8-14(11)20-21/h3-8H,1-2H3. The molecule has 3 heterocycles. The van der Waals surface area contributed by atoms with Gasteiger partial charge in [0.2, 0.25) is 0 Å². The summed E-state index contributed by atoms with van der Waals surface area (Å²) in [6.45, 7) is 0. The summed E-state index contributed by atoms with van der Waals surface area (Å²) in [6.07, 6.45) is 0. The predicted molar refractivity (Wildman–Crippen MR) is 95.8 cm³/mol. The summed E-state index contributed by atoms with van der Waals surface area (Å²) in [7, 11) is 3.08. The fourth-order valence-corrected chi connectivity index (χ4v) is 3.29. The molecular weight excluding hydrogens is 336 g/mol. The predicted octanol–water partition coefficient (Wildman–Crippen LogP) is 1.46. The summed E-state index contributed by atoms with van der Waals surface area (Å²) in [5, 5.41) is 9.74. The zero-order chi connectivity index (χ0) is 18.0. The van der Waals surface area contributed by atoms with E-state index in [1.807, 2.05) is 0 Å². The molecule has 0 unspecified atom stereocenters. The highest BCUT2D eigenvalue weighted by Gasteiger charge is 2.20. The van der Waals surface area contributed by atoms with Gasteiger partial charge >= 0.3 is 0 Å². The second-order valence-electron chi connectivity index (χ2n) is 5.90. The summed E-state index contributed by atoms with van der Waals surface area (Å²) in [4.78, 5) is 26.1. The summed E-state index contributed by atoms with van der Waals surface area (Å²) in [6, 6.07) is 10.3. The third kappa shape index (κ3) is 1.72. The molecule has 0 aliphatic rings. The lowest BCUT2D eigenvalue weighted by Gasteiger charge is -1.98. The highest BCUT2D eigenvalue weighted by molar-refractivity contribution is 5.98. The van der Waals surface area contributed by atoms with Gasteiger partial charge in [-0.25, -0.2) is 0 Å². The van der Waals surface area contributed by atoms with Crippen LogP contribution < -0.4 is 20.6 Å². The Morgan fingerprint density at radius 2 is 1.31 bits per heavy atom. The van der Waals surface area contributed by atoms with E-state index in [0.29, 0.717) is 33.3 Å². The summed E-state index contributed by atoms with van der Waals surface area (Å²) in [5.41, 5.74) is 0.608. The normalized spacial score (nSPS) is 11.8. The fraction of sp³-hybridized carbons (Fsp3) is 0.111. The molecule has 0 amide bonds. The molecule has 5 rings (SSSR count). The van der Waals surface area contributed by atoms with Crippen LogP contribution in [0.5, 0.6) is 11.5 Å². The Morgan fingerprint density at radius 1 is 0.731 bits per heavy atom. The van der Waals surface area contributed by atoms with Crippen LogP contribution in [0.1, 0.15) is 0 Å². The molecule has 5 aromatic rings. The van der Waals surface area contributed by atoms with Crippen molar-refractivity contribution >= 4 is 32.8 Å². The van der Waals surface area contributed by atoms with E-state index in [2.05, 4.69) is 10.2 Å². The van der Waals surface area contributed by atoms with Crippen molar-refractivity contribution in [2.45, 2.75) is 0 Å². The van der Waals surface area contributed by atoms with E-state index in [-0.39, 0.29) is 11.0 Å². The number of aromatic nitrogens is 4. The van der Waals surface area contributed by atoms with E-state index in [9.17, 15) is 9.59 Å². The lowest BCUT2D eigenvalue weighted by atomic mass is 10.2. The lowest BCUT2D eigenvalue weighted by molar-refractivity contribution is 0.415. The second kappa shape index (κ2) is 4.92. The molecule has 0 saturated carbocycles. The van der Waals surface area contributed by atoms with Crippen LogP contribution in [-0.2, 0) is 0 Å². The van der Waals surface area contributed by atoms with Crippen molar-refractivity contribution in [3.8, 4) is 11.5 Å². The van der Waals surface area contributed by atoms with Gasteiger partial charge in [-0.15, -0.1) is 0 Å². The monoisotopic (exact) mass is 348 g/mol. The molecule has 0 N–H and O–H groups in total. The first kappa shape index (κ1) is 14.6. The third-order valence-electron chi connectivity index (χ3n) is 4.55.